The van der Waals surface area contributed by atoms with Crippen LogP contribution in [0, 0.1) is 0 Å². The molecule has 0 aromatic rings. The van der Waals surface area contributed by atoms with Crippen LogP contribution in [-0.2, 0) is 0 Å². The van der Waals surface area contributed by atoms with E-state index in [2.05, 4.69) is 9.80 Å². The summed E-state index contributed by atoms with van der Waals surface area (Å²) in [6.45, 7) is 6.17. The first-order valence-corrected chi connectivity index (χ1v) is 7.12. The lowest BCUT2D eigenvalue weighted by Gasteiger charge is -2.32. The van der Waals surface area contributed by atoms with Crippen LogP contribution in [-0.4, -0.2) is 42.0 Å². The zero-order chi connectivity index (χ0) is 12.1. The van der Waals surface area contributed by atoms with Crippen molar-refractivity contribution in [3.8, 4) is 0 Å². The molecule has 0 aromatic heterocycles. The van der Waals surface area contributed by atoms with Crippen LogP contribution >= 0.6 is 0 Å². The van der Waals surface area contributed by atoms with Crippen LogP contribution in [0.1, 0.15) is 45.4 Å². The molecule has 0 radical (unpaired) electrons. The first-order valence-electron chi connectivity index (χ1n) is 7.12. The topological polar surface area (TPSA) is 6.48 Å². The predicted molar refractivity (Wildman–Crippen MR) is 69.5 cm³/mol. The van der Waals surface area contributed by atoms with Gasteiger partial charge in [0.15, 0.2) is 0 Å². The number of rotatable bonds is 3. The predicted octanol–water partition coefficient (Wildman–Crippen LogP) is 3.16. The van der Waals surface area contributed by atoms with Gasteiger partial charge in [0.05, 0.1) is 6.04 Å². The standard InChI is InChI=1S/C14H25FN2/c1-13(17-10-6-3-7-11-17)14(15)12-16-8-4-2-5-9-16/h12-13H,2-11H2,1H3. The fraction of sp³-hybridized carbons (Fsp3) is 0.857. The second-order valence-electron chi connectivity index (χ2n) is 5.38. The molecule has 0 aromatic carbocycles. The highest BCUT2D eigenvalue weighted by atomic mass is 19.1. The van der Waals surface area contributed by atoms with E-state index >= 15 is 0 Å². The normalized spacial score (nSPS) is 26.0. The molecule has 1 unspecified atom stereocenters. The quantitative estimate of drug-likeness (QED) is 0.747. The van der Waals surface area contributed by atoms with Crippen molar-refractivity contribution >= 4 is 0 Å². The molecule has 0 saturated carbocycles. The van der Waals surface area contributed by atoms with Gasteiger partial charge in [0.2, 0.25) is 0 Å². The van der Waals surface area contributed by atoms with Crippen molar-refractivity contribution in [2.24, 2.45) is 0 Å². The fourth-order valence-corrected chi connectivity index (χ4v) is 2.81. The van der Waals surface area contributed by atoms with Crippen molar-refractivity contribution < 1.29 is 4.39 Å². The van der Waals surface area contributed by atoms with E-state index in [1.165, 1.54) is 38.5 Å². The van der Waals surface area contributed by atoms with Gasteiger partial charge in [-0.05, 0) is 52.1 Å². The van der Waals surface area contributed by atoms with E-state index in [0.29, 0.717) is 0 Å². The van der Waals surface area contributed by atoms with E-state index in [-0.39, 0.29) is 11.9 Å². The molecule has 3 heteroatoms. The summed E-state index contributed by atoms with van der Waals surface area (Å²) in [5, 5.41) is 0. The third-order valence-electron chi connectivity index (χ3n) is 4.03. The molecule has 0 aliphatic carbocycles. The Labute approximate surface area is 104 Å². The highest BCUT2D eigenvalue weighted by molar-refractivity contribution is 5.01. The third-order valence-corrected chi connectivity index (χ3v) is 4.03. The minimum atomic E-state index is -0.0303. The average molecular weight is 240 g/mol. The SMILES string of the molecule is CC(C(F)=CN1CCCCC1)N1CCCCC1. The van der Waals surface area contributed by atoms with E-state index < -0.39 is 0 Å². The van der Waals surface area contributed by atoms with E-state index in [9.17, 15) is 4.39 Å². The van der Waals surface area contributed by atoms with E-state index in [4.69, 9.17) is 0 Å². The van der Waals surface area contributed by atoms with Gasteiger partial charge in [-0.1, -0.05) is 6.42 Å². The van der Waals surface area contributed by atoms with Crippen molar-refractivity contribution in [2.75, 3.05) is 26.2 Å². The summed E-state index contributed by atoms with van der Waals surface area (Å²) in [4.78, 5) is 4.43. The summed E-state index contributed by atoms with van der Waals surface area (Å²) in [6.07, 6.45) is 9.24. The first-order chi connectivity index (χ1) is 8.27. The molecule has 0 bridgehead atoms. The summed E-state index contributed by atoms with van der Waals surface area (Å²) in [7, 11) is 0. The fourth-order valence-electron chi connectivity index (χ4n) is 2.81. The Hall–Kier alpha value is -0.570. The lowest BCUT2D eigenvalue weighted by molar-refractivity contribution is 0.173. The minimum Gasteiger partial charge on any atom is -0.375 e. The maximum absolute atomic E-state index is 14.1. The van der Waals surface area contributed by atoms with Crippen LogP contribution in [0.5, 0.6) is 0 Å². The second-order valence-corrected chi connectivity index (χ2v) is 5.38. The average Bonchev–Trinajstić information content (AvgIpc) is 2.40. The number of halogens is 1. The summed E-state index contributed by atoms with van der Waals surface area (Å²) >= 11 is 0. The zero-order valence-corrected chi connectivity index (χ0v) is 11.0. The molecule has 2 heterocycles. The Bertz CT molecular complexity index is 253. The smallest absolute Gasteiger partial charge is 0.133 e. The van der Waals surface area contributed by atoms with Gasteiger partial charge in [-0.15, -0.1) is 0 Å². The molecule has 2 aliphatic rings. The van der Waals surface area contributed by atoms with Gasteiger partial charge in [-0.25, -0.2) is 4.39 Å². The molecule has 2 nitrogen and oxygen atoms in total. The van der Waals surface area contributed by atoms with Crippen molar-refractivity contribution in [1.29, 1.82) is 0 Å². The van der Waals surface area contributed by atoms with Gasteiger partial charge in [0.25, 0.3) is 0 Å². The zero-order valence-electron chi connectivity index (χ0n) is 11.0. The Morgan fingerprint density at radius 2 is 1.47 bits per heavy atom. The van der Waals surface area contributed by atoms with Gasteiger partial charge in [-0.3, -0.25) is 4.90 Å². The van der Waals surface area contributed by atoms with Crippen molar-refractivity contribution in [3.05, 3.63) is 12.0 Å². The highest BCUT2D eigenvalue weighted by Gasteiger charge is 2.21. The molecule has 2 saturated heterocycles. The number of nitrogens with zero attached hydrogens (tertiary/aromatic N) is 2. The number of piperidine rings is 2. The molecule has 2 fully saturated rings. The monoisotopic (exact) mass is 240 g/mol. The van der Waals surface area contributed by atoms with Gasteiger partial charge in [0, 0.05) is 19.3 Å². The molecule has 1 atom stereocenters. The maximum atomic E-state index is 14.1. The van der Waals surface area contributed by atoms with E-state index in [1.807, 2.05) is 6.92 Å². The van der Waals surface area contributed by atoms with E-state index in [1.54, 1.807) is 6.20 Å². The molecule has 2 rings (SSSR count). The third kappa shape index (κ3) is 3.70. The van der Waals surface area contributed by atoms with Crippen LogP contribution in [0.25, 0.3) is 0 Å². The summed E-state index contributed by atoms with van der Waals surface area (Å²) in [5.74, 6) is 0.0498. The highest BCUT2D eigenvalue weighted by Crippen LogP contribution is 2.19. The van der Waals surface area contributed by atoms with E-state index in [0.717, 1.165) is 26.2 Å². The van der Waals surface area contributed by atoms with Gasteiger partial charge >= 0.3 is 0 Å². The minimum absolute atomic E-state index is 0.0303. The Balaban J connectivity index is 1.87. The van der Waals surface area contributed by atoms with Crippen LogP contribution < -0.4 is 0 Å². The van der Waals surface area contributed by atoms with Crippen molar-refractivity contribution in [2.45, 2.75) is 51.5 Å². The number of likely N-dealkylation sites (tertiary alicyclic amines) is 2. The van der Waals surface area contributed by atoms with Gasteiger partial charge in [-0.2, -0.15) is 0 Å². The van der Waals surface area contributed by atoms with Crippen LogP contribution in [0.3, 0.4) is 0 Å². The molecule has 0 amide bonds. The molecule has 98 valence electrons. The van der Waals surface area contributed by atoms with Gasteiger partial charge in [0.1, 0.15) is 5.83 Å². The van der Waals surface area contributed by atoms with Crippen LogP contribution in [0.15, 0.2) is 12.0 Å². The number of hydrogen-bond acceptors (Lipinski definition) is 2. The molecule has 17 heavy (non-hydrogen) atoms. The van der Waals surface area contributed by atoms with Gasteiger partial charge < -0.3 is 4.90 Å². The summed E-state index contributed by atoms with van der Waals surface area (Å²) < 4.78 is 14.1. The van der Waals surface area contributed by atoms with Crippen molar-refractivity contribution in [3.63, 3.8) is 0 Å². The van der Waals surface area contributed by atoms with Crippen molar-refractivity contribution in [1.82, 2.24) is 9.80 Å². The Kier molecular flexibility index (Phi) is 4.84. The largest absolute Gasteiger partial charge is 0.375 e. The molecule has 0 spiro atoms. The molecule has 0 N–H and O–H groups in total. The maximum Gasteiger partial charge on any atom is 0.133 e. The Morgan fingerprint density at radius 1 is 0.941 bits per heavy atom. The summed E-state index contributed by atoms with van der Waals surface area (Å²) in [6, 6.07) is -0.0303. The molecule has 2 aliphatic heterocycles. The molecular weight excluding hydrogens is 215 g/mol. The van der Waals surface area contributed by atoms with Crippen LogP contribution in [0.4, 0.5) is 4.39 Å². The second kappa shape index (κ2) is 6.39. The summed E-state index contributed by atoms with van der Waals surface area (Å²) in [5.41, 5.74) is 0. The Morgan fingerprint density at radius 3 is 2.06 bits per heavy atom. The lowest BCUT2D eigenvalue weighted by atomic mass is 10.1. The van der Waals surface area contributed by atoms with Crippen LogP contribution in [0.2, 0.25) is 0 Å². The lowest BCUT2D eigenvalue weighted by Crippen LogP contribution is -2.38. The molecular formula is C14H25FN2. The first kappa shape index (κ1) is 12.9. The number of hydrogen-bond donors (Lipinski definition) is 0.